The molecule has 4 fully saturated rings. The van der Waals surface area contributed by atoms with Crippen LogP contribution in [0.5, 0.6) is 0 Å². The van der Waals surface area contributed by atoms with E-state index in [0.717, 1.165) is 17.3 Å². The number of carbonyl (C=O) groups excluding carboxylic acids is 2. The molecule has 10 heteroatoms. The van der Waals surface area contributed by atoms with Crippen LogP contribution in [0.1, 0.15) is 45.1 Å². The SMILES string of the molecule is CC12C=CC(=O)C=C1[C@@H](F)CC1[C@@H]3C[C@H]4CN(Cc5ccc(Cl)cc5)O[C@@]4(C(=O)SCCC#N)C3(C)CC(O)[C@@]12F. The summed E-state index contributed by atoms with van der Waals surface area (Å²) < 4.78 is 33.4. The number of nitriles is 1. The highest BCUT2D eigenvalue weighted by Crippen LogP contribution is 2.73. The lowest BCUT2D eigenvalue weighted by Crippen LogP contribution is -2.70. The minimum absolute atomic E-state index is 0.0535. The smallest absolute Gasteiger partial charge is 0.223 e. The minimum Gasteiger partial charge on any atom is -0.390 e. The molecule has 9 atom stereocenters. The lowest BCUT2D eigenvalue weighted by molar-refractivity contribution is -0.266. The van der Waals surface area contributed by atoms with Gasteiger partial charge in [0, 0.05) is 53.0 Å². The molecule has 0 aromatic heterocycles. The second-order valence-electron chi connectivity index (χ2n) is 12.6. The predicted octanol–water partition coefficient (Wildman–Crippen LogP) is 5.54. The van der Waals surface area contributed by atoms with Crippen molar-refractivity contribution in [3.8, 4) is 6.07 Å². The van der Waals surface area contributed by atoms with Crippen molar-refractivity contribution >= 4 is 34.3 Å². The first kappa shape index (κ1) is 29.0. The number of rotatable bonds is 5. The van der Waals surface area contributed by atoms with Gasteiger partial charge >= 0.3 is 0 Å². The van der Waals surface area contributed by atoms with E-state index >= 15 is 8.78 Å². The average molecular weight is 603 g/mol. The van der Waals surface area contributed by atoms with Gasteiger partial charge in [-0.3, -0.25) is 14.4 Å². The molecule has 0 radical (unpaired) electrons. The fourth-order valence-corrected chi connectivity index (χ4v) is 10.0. The van der Waals surface area contributed by atoms with Gasteiger partial charge in [0.15, 0.2) is 17.1 Å². The number of fused-ring (bicyclic) bond motifs is 7. The third kappa shape index (κ3) is 3.97. The summed E-state index contributed by atoms with van der Waals surface area (Å²) in [4.78, 5) is 32.9. The summed E-state index contributed by atoms with van der Waals surface area (Å²) in [5.74, 6) is -1.74. The van der Waals surface area contributed by atoms with Crippen LogP contribution >= 0.6 is 23.4 Å². The molecule has 1 heterocycles. The summed E-state index contributed by atoms with van der Waals surface area (Å²) in [6.07, 6.45) is 1.20. The van der Waals surface area contributed by atoms with Gasteiger partial charge in [-0.2, -0.15) is 10.3 Å². The maximum Gasteiger partial charge on any atom is 0.223 e. The van der Waals surface area contributed by atoms with Gasteiger partial charge in [-0.25, -0.2) is 8.78 Å². The molecular weight excluding hydrogens is 570 g/mol. The van der Waals surface area contributed by atoms with E-state index in [4.69, 9.17) is 21.7 Å². The summed E-state index contributed by atoms with van der Waals surface area (Å²) >= 11 is 7.10. The van der Waals surface area contributed by atoms with E-state index in [1.165, 1.54) is 18.2 Å². The fourth-order valence-electron chi connectivity index (χ4n) is 8.85. The molecule has 1 saturated heterocycles. The van der Waals surface area contributed by atoms with Crippen LogP contribution in [0.3, 0.4) is 0 Å². The Labute approximate surface area is 247 Å². The predicted molar refractivity (Wildman–Crippen MR) is 151 cm³/mol. The number of halogens is 3. The first-order valence-corrected chi connectivity index (χ1v) is 15.5. The number of hydroxylamine groups is 2. The molecule has 1 aliphatic heterocycles. The van der Waals surface area contributed by atoms with Crippen molar-refractivity contribution < 1.29 is 28.3 Å². The lowest BCUT2D eigenvalue weighted by Gasteiger charge is -2.63. The van der Waals surface area contributed by atoms with E-state index < -0.39 is 46.2 Å². The van der Waals surface area contributed by atoms with Crippen LogP contribution in [0.25, 0.3) is 0 Å². The number of hydrogen-bond donors (Lipinski definition) is 1. The van der Waals surface area contributed by atoms with E-state index in [1.807, 2.05) is 19.1 Å². The van der Waals surface area contributed by atoms with Crippen molar-refractivity contribution in [3.63, 3.8) is 0 Å². The zero-order valence-electron chi connectivity index (χ0n) is 23.0. The molecule has 5 aliphatic rings. The third-order valence-electron chi connectivity index (χ3n) is 10.7. The Morgan fingerprint density at radius 2 is 2.00 bits per heavy atom. The zero-order valence-corrected chi connectivity index (χ0v) is 24.6. The van der Waals surface area contributed by atoms with E-state index in [1.54, 1.807) is 24.1 Å². The maximum absolute atomic E-state index is 17.6. The first-order valence-electron chi connectivity index (χ1n) is 14.1. The molecule has 4 aliphatic carbocycles. The molecule has 41 heavy (non-hydrogen) atoms. The molecule has 4 unspecified atom stereocenters. The summed E-state index contributed by atoms with van der Waals surface area (Å²) in [6.45, 7) is 4.28. The number of alkyl halides is 2. The first-order chi connectivity index (χ1) is 19.4. The number of allylic oxidation sites excluding steroid dienone is 4. The van der Waals surface area contributed by atoms with Gasteiger partial charge in [-0.1, -0.05) is 48.5 Å². The average Bonchev–Trinajstić information content (AvgIpc) is 3.40. The number of nitrogens with zero attached hydrogens (tertiary/aromatic N) is 2. The monoisotopic (exact) mass is 602 g/mol. The summed E-state index contributed by atoms with van der Waals surface area (Å²) in [5.41, 5.74) is -5.04. The molecule has 0 bridgehead atoms. The Bertz CT molecular complexity index is 1380. The quantitative estimate of drug-likeness (QED) is 0.442. The summed E-state index contributed by atoms with van der Waals surface area (Å²) in [6, 6.07) is 9.42. The standard InChI is InChI=1S/C31H33ClF2N2O4S/c1-28-9-8-21(37)13-24(28)25(33)14-23-22-12-19-17-36(16-18-4-6-20(32)7-5-18)40-31(19,27(39)41-11-3-10-35)29(22,2)15-26(38)30(23,28)34/h4-9,13,19,22-23,25-26,38H,3,11-12,14-17H2,1-2H3/t19-,22-,23?,25-,26?,28?,29?,30-,31-/m0/s1. The molecule has 0 amide bonds. The van der Waals surface area contributed by atoms with Crippen LogP contribution in [0.4, 0.5) is 8.78 Å². The normalized spacial score (nSPS) is 43.0. The Balaban J connectivity index is 1.39. The molecule has 1 aromatic rings. The molecule has 6 rings (SSSR count). The van der Waals surface area contributed by atoms with Gasteiger partial charge in [0.1, 0.15) is 6.17 Å². The van der Waals surface area contributed by atoms with Gasteiger partial charge in [-0.05, 0) is 67.5 Å². The number of carbonyl (C=O) groups is 2. The van der Waals surface area contributed by atoms with Gasteiger partial charge in [0.2, 0.25) is 5.12 Å². The topological polar surface area (TPSA) is 90.6 Å². The Morgan fingerprint density at radius 3 is 2.71 bits per heavy atom. The largest absolute Gasteiger partial charge is 0.390 e. The van der Waals surface area contributed by atoms with Gasteiger partial charge in [-0.15, -0.1) is 0 Å². The van der Waals surface area contributed by atoms with Crippen LogP contribution in [0, 0.1) is 39.9 Å². The van der Waals surface area contributed by atoms with Crippen LogP contribution in [0.2, 0.25) is 5.02 Å². The molecule has 3 saturated carbocycles. The number of aliphatic hydroxyl groups excluding tert-OH is 1. The van der Waals surface area contributed by atoms with Crippen molar-refractivity contribution in [1.29, 1.82) is 5.26 Å². The maximum atomic E-state index is 17.6. The van der Waals surface area contributed by atoms with Crippen molar-refractivity contribution in [2.45, 2.75) is 69.6 Å². The number of benzene rings is 1. The van der Waals surface area contributed by atoms with Crippen molar-refractivity contribution in [1.82, 2.24) is 5.06 Å². The highest BCUT2D eigenvalue weighted by atomic mass is 35.5. The highest BCUT2D eigenvalue weighted by Gasteiger charge is 2.79. The van der Waals surface area contributed by atoms with Crippen molar-refractivity contribution in [2.24, 2.45) is 28.6 Å². The van der Waals surface area contributed by atoms with E-state index in [9.17, 15) is 14.7 Å². The van der Waals surface area contributed by atoms with Crippen molar-refractivity contribution in [2.75, 3.05) is 12.3 Å². The Kier molecular flexibility index (Phi) is 7.07. The van der Waals surface area contributed by atoms with Crippen LogP contribution in [-0.2, 0) is 21.0 Å². The van der Waals surface area contributed by atoms with E-state index in [0.29, 0.717) is 30.3 Å². The molecule has 1 N–H and O–H groups in total. The molecule has 0 spiro atoms. The molecular formula is C31H33ClF2N2O4S. The second-order valence-corrected chi connectivity index (χ2v) is 14.1. The fraction of sp³-hybridized carbons (Fsp3) is 0.581. The minimum atomic E-state index is -2.22. The molecule has 1 aromatic carbocycles. The van der Waals surface area contributed by atoms with Crippen LogP contribution in [0.15, 0.2) is 48.1 Å². The molecule has 6 nitrogen and oxygen atoms in total. The number of aliphatic hydroxyl groups is 1. The number of ketones is 1. The number of hydrogen-bond acceptors (Lipinski definition) is 7. The van der Waals surface area contributed by atoms with Crippen LogP contribution < -0.4 is 0 Å². The zero-order chi connectivity index (χ0) is 29.4. The van der Waals surface area contributed by atoms with Gasteiger partial charge in [0.05, 0.1) is 12.2 Å². The van der Waals surface area contributed by atoms with E-state index in [2.05, 4.69) is 6.07 Å². The van der Waals surface area contributed by atoms with E-state index in [-0.39, 0.29) is 41.7 Å². The van der Waals surface area contributed by atoms with Crippen LogP contribution in [-0.4, -0.2) is 56.9 Å². The Morgan fingerprint density at radius 1 is 1.27 bits per heavy atom. The van der Waals surface area contributed by atoms with Gasteiger partial charge < -0.3 is 5.11 Å². The third-order valence-corrected chi connectivity index (χ3v) is 11.9. The second kappa shape index (κ2) is 9.99. The summed E-state index contributed by atoms with van der Waals surface area (Å²) in [7, 11) is 0. The highest BCUT2D eigenvalue weighted by molar-refractivity contribution is 8.13. The molecule has 218 valence electrons. The van der Waals surface area contributed by atoms with Crippen molar-refractivity contribution in [3.05, 3.63) is 58.7 Å². The van der Waals surface area contributed by atoms with Gasteiger partial charge in [0.25, 0.3) is 0 Å². The Hall–Kier alpha value is -2.09. The number of thioether (sulfide) groups is 1. The summed E-state index contributed by atoms with van der Waals surface area (Å²) in [5, 5.41) is 22.9. The lowest BCUT2D eigenvalue weighted by atomic mass is 9.44.